The van der Waals surface area contributed by atoms with Gasteiger partial charge >= 0.3 is 5.69 Å². The topological polar surface area (TPSA) is 87.2 Å². The molecular weight excluding hydrogens is 327 g/mol. The number of halogens is 1. The molecule has 3 rings (SSSR count). The Morgan fingerprint density at radius 2 is 1.84 bits per heavy atom. The third-order valence-corrected chi connectivity index (χ3v) is 4.41. The van der Waals surface area contributed by atoms with Crippen molar-refractivity contribution in [2.75, 3.05) is 18.0 Å². The summed E-state index contributed by atoms with van der Waals surface area (Å²) >= 11 is 0. The van der Waals surface area contributed by atoms with Crippen LogP contribution in [0, 0.1) is 5.82 Å². The van der Waals surface area contributed by atoms with Gasteiger partial charge in [-0.05, 0) is 37.1 Å². The first-order chi connectivity index (χ1) is 11.9. The van der Waals surface area contributed by atoms with Crippen LogP contribution in [0.1, 0.15) is 23.2 Å². The fraction of sp³-hybridized carbons (Fsp3) is 0.353. The first kappa shape index (κ1) is 16.9. The summed E-state index contributed by atoms with van der Waals surface area (Å²) in [5, 5.41) is 2.93. The van der Waals surface area contributed by atoms with Crippen LogP contribution in [0.25, 0.3) is 0 Å². The molecule has 132 valence electrons. The van der Waals surface area contributed by atoms with Gasteiger partial charge in [0.05, 0.1) is 0 Å². The van der Waals surface area contributed by atoms with Crippen molar-refractivity contribution in [3.63, 3.8) is 0 Å². The average Bonchev–Trinajstić information content (AvgIpc) is 2.60. The fourth-order valence-electron chi connectivity index (χ4n) is 2.85. The van der Waals surface area contributed by atoms with E-state index in [1.165, 1.54) is 37.4 Å². The van der Waals surface area contributed by atoms with E-state index >= 15 is 0 Å². The Bertz CT molecular complexity index is 849. The Kier molecular flexibility index (Phi) is 4.69. The minimum atomic E-state index is -0.450. The average molecular weight is 346 g/mol. The van der Waals surface area contributed by atoms with E-state index in [9.17, 15) is 18.8 Å². The van der Waals surface area contributed by atoms with Gasteiger partial charge in [0, 0.05) is 37.8 Å². The van der Waals surface area contributed by atoms with Gasteiger partial charge in [-0.25, -0.2) is 9.18 Å². The van der Waals surface area contributed by atoms with Gasteiger partial charge < -0.3 is 10.2 Å². The first-order valence-corrected chi connectivity index (χ1v) is 8.06. The monoisotopic (exact) mass is 346 g/mol. The predicted molar refractivity (Wildman–Crippen MR) is 91.4 cm³/mol. The molecule has 0 aliphatic carbocycles. The van der Waals surface area contributed by atoms with Crippen LogP contribution >= 0.6 is 0 Å². The van der Waals surface area contributed by atoms with Gasteiger partial charge in [-0.3, -0.25) is 19.1 Å². The van der Waals surface area contributed by atoms with Crippen molar-refractivity contribution in [2.45, 2.75) is 18.9 Å². The SMILES string of the molecule is Cn1c(=O)cc(N2CCC(NC(=O)c3ccc(F)cc3)CC2)[nH]c1=O. The highest BCUT2D eigenvalue weighted by Crippen LogP contribution is 2.16. The smallest absolute Gasteiger partial charge is 0.329 e. The van der Waals surface area contributed by atoms with Crippen LogP contribution in [0.5, 0.6) is 0 Å². The highest BCUT2D eigenvalue weighted by Gasteiger charge is 2.22. The molecule has 1 aliphatic heterocycles. The summed E-state index contributed by atoms with van der Waals surface area (Å²) in [5.41, 5.74) is -0.389. The Morgan fingerprint density at radius 3 is 2.44 bits per heavy atom. The van der Waals surface area contributed by atoms with Crippen molar-refractivity contribution in [1.82, 2.24) is 14.9 Å². The highest BCUT2D eigenvalue weighted by atomic mass is 19.1. The highest BCUT2D eigenvalue weighted by molar-refractivity contribution is 5.94. The maximum Gasteiger partial charge on any atom is 0.329 e. The molecule has 25 heavy (non-hydrogen) atoms. The van der Waals surface area contributed by atoms with Gasteiger partial charge in [0.25, 0.3) is 11.5 Å². The molecule has 1 amide bonds. The number of aromatic nitrogens is 2. The molecule has 0 saturated carbocycles. The summed E-state index contributed by atoms with van der Waals surface area (Å²) in [5.74, 6) is -0.121. The molecule has 0 atom stereocenters. The summed E-state index contributed by atoms with van der Waals surface area (Å²) < 4.78 is 13.9. The van der Waals surface area contributed by atoms with E-state index in [1.54, 1.807) is 0 Å². The third-order valence-electron chi connectivity index (χ3n) is 4.41. The Hall–Kier alpha value is -2.90. The number of hydrogen-bond donors (Lipinski definition) is 2. The van der Waals surface area contributed by atoms with Gasteiger partial charge in [0.1, 0.15) is 11.6 Å². The molecule has 0 bridgehead atoms. The molecule has 2 N–H and O–H groups in total. The van der Waals surface area contributed by atoms with Crippen LogP contribution in [0.4, 0.5) is 10.2 Å². The number of amides is 1. The zero-order valence-corrected chi connectivity index (χ0v) is 13.8. The normalized spacial score (nSPS) is 15.2. The molecule has 0 spiro atoms. The summed E-state index contributed by atoms with van der Waals surface area (Å²) in [6.07, 6.45) is 1.37. The number of carbonyl (C=O) groups excluding carboxylic acids is 1. The molecule has 2 heterocycles. The maximum atomic E-state index is 12.9. The molecule has 1 aromatic carbocycles. The zero-order valence-electron chi connectivity index (χ0n) is 13.8. The minimum Gasteiger partial charge on any atom is -0.358 e. The lowest BCUT2D eigenvalue weighted by Gasteiger charge is -2.33. The summed E-state index contributed by atoms with van der Waals surface area (Å²) in [4.78, 5) is 40.2. The molecule has 0 radical (unpaired) electrons. The Balaban J connectivity index is 1.60. The quantitative estimate of drug-likeness (QED) is 0.853. The number of nitrogens with zero attached hydrogens (tertiary/aromatic N) is 2. The largest absolute Gasteiger partial charge is 0.358 e. The van der Waals surface area contributed by atoms with E-state index in [-0.39, 0.29) is 23.3 Å². The summed E-state index contributed by atoms with van der Waals surface area (Å²) in [6, 6.07) is 6.80. The van der Waals surface area contributed by atoms with Gasteiger partial charge in [0.2, 0.25) is 0 Å². The van der Waals surface area contributed by atoms with Crippen molar-refractivity contribution < 1.29 is 9.18 Å². The number of hydrogen-bond acceptors (Lipinski definition) is 4. The lowest BCUT2D eigenvalue weighted by molar-refractivity contribution is 0.0931. The summed E-state index contributed by atoms with van der Waals surface area (Å²) in [7, 11) is 1.42. The number of carbonyl (C=O) groups is 1. The van der Waals surface area contributed by atoms with Gasteiger partial charge in [-0.1, -0.05) is 0 Å². The molecule has 2 aromatic rings. The second-order valence-corrected chi connectivity index (χ2v) is 6.10. The molecule has 0 unspecified atom stereocenters. The van der Waals surface area contributed by atoms with Crippen molar-refractivity contribution in [2.24, 2.45) is 7.05 Å². The van der Waals surface area contributed by atoms with E-state index in [0.717, 1.165) is 4.57 Å². The van der Waals surface area contributed by atoms with Crippen LogP contribution < -0.4 is 21.5 Å². The standard InChI is InChI=1S/C17H19FN4O3/c1-21-15(23)10-14(20-17(21)25)22-8-6-13(7-9-22)19-16(24)11-2-4-12(18)5-3-11/h2-5,10,13H,6-9H2,1H3,(H,19,24)(H,20,25). The molecule has 7 nitrogen and oxygen atoms in total. The van der Waals surface area contributed by atoms with Crippen LogP contribution in [-0.2, 0) is 7.05 Å². The molecule has 8 heteroatoms. The van der Waals surface area contributed by atoms with Crippen LogP contribution in [0.2, 0.25) is 0 Å². The number of nitrogens with one attached hydrogen (secondary N) is 2. The Labute approximate surface area is 143 Å². The van der Waals surface area contributed by atoms with Crippen LogP contribution in [0.15, 0.2) is 39.9 Å². The van der Waals surface area contributed by atoms with Crippen molar-refractivity contribution in [3.05, 3.63) is 62.6 Å². The lowest BCUT2D eigenvalue weighted by Crippen LogP contribution is -2.46. The second-order valence-electron chi connectivity index (χ2n) is 6.10. The van der Waals surface area contributed by atoms with Crippen molar-refractivity contribution in [1.29, 1.82) is 0 Å². The number of H-pyrrole nitrogens is 1. The van der Waals surface area contributed by atoms with E-state index in [4.69, 9.17) is 0 Å². The zero-order chi connectivity index (χ0) is 18.0. The third kappa shape index (κ3) is 3.78. The predicted octanol–water partition coefficient (Wildman–Crippen LogP) is 0.611. The van der Waals surface area contributed by atoms with Crippen LogP contribution in [-0.4, -0.2) is 34.6 Å². The van der Waals surface area contributed by atoms with Crippen LogP contribution in [0.3, 0.4) is 0 Å². The number of rotatable bonds is 3. The molecular formula is C17H19FN4O3. The maximum absolute atomic E-state index is 12.9. The van der Waals surface area contributed by atoms with E-state index in [2.05, 4.69) is 10.3 Å². The van der Waals surface area contributed by atoms with Crippen molar-refractivity contribution in [3.8, 4) is 0 Å². The second kappa shape index (κ2) is 6.92. The molecule has 1 saturated heterocycles. The van der Waals surface area contributed by atoms with Gasteiger partial charge in [0.15, 0.2) is 0 Å². The Morgan fingerprint density at radius 1 is 1.20 bits per heavy atom. The van der Waals surface area contributed by atoms with Gasteiger partial charge in [-0.2, -0.15) is 0 Å². The number of aromatic amines is 1. The van der Waals surface area contributed by atoms with E-state index < -0.39 is 5.69 Å². The number of piperidine rings is 1. The molecule has 1 fully saturated rings. The number of benzene rings is 1. The summed E-state index contributed by atoms with van der Waals surface area (Å²) in [6.45, 7) is 1.22. The lowest BCUT2D eigenvalue weighted by atomic mass is 10.0. The van der Waals surface area contributed by atoms with Gasteiger partial charge in [-0.15, -0.1) is 0 Å². The first-order valence-electron chi connectivity index (χ1n) is 8.06. The minimum absolute atomic E-state index is 0.00734. The molecule has 1 aromatic heterocycles. The van der Waals surface area contributed by atoms with E-state index in [1.807, 2.05) is 4.90 Å². The van der Waals surface area contributed by atoms with Crippen molar-refractivity contribution >= 4 is 11.7 Å². The number of anilines is 1. The molecule has 1 aliphatic rings. The van der Waals surface area contributed by atoms with E-state index in [0.29, 0.717) is 37.3 Å². The fourth-order valence-corrected chi connectivity index (χ4v) is 2.85.